The van der Waals surface area contributed by atoms with E-state index in [0.29, 0.717) is 6.42 Å². The maximum Gasteiger partial charge on any atom is 0.417 e. The quantitative estimate of drug-likeness (QED) is 0.676. The lowest BCUT2D eigenvalue weighted by atomic mass is 9.95. The zero-order chi connectivity index (χ0) is 20.8. The lowest BCUT2D eigenvalue weighted by Gasteiger charge is -2.09. The van der Waals surface area contributed by atoms with Gasteiger partial charge in [-0.05, 0) is 29.7 Å². The molecule has 1 saturated carbocycles. The summed E-state index contributed by atoms with van der Waals surface area (Å²) in [6, 6.07) is 11.7. The zero-order valence-corrected chi connectivity index (χ0v) is 15.5. The molecule has 150 valence electrons. The summed E-state index contributed by atoms with van der Waals surface area (Å²) in [5.41, 5.74) is -0.0919. The number of halogens is 3. The molecular weight excluding hydrogens is 383 g/mol. The second-order valence-electron chi connectivity index (χ2n) is 7.19. The van der Waals surface area contributed by atoms with Crippen LogP contribution in [-0.2, 0) is 11.0 Å². The van der Waals surface area contributed by atoms with Gasteiger partial charge in [0.25, 0.3) is 0 Å². The standard InChI is InChI=1S/C21H18F3N3O2/c1-2-20(19(28)29)17(13-6-4-3-5-7-13)18(20)14-10-26-27(12-14)16-9-8-15(11-25-16)21(22,23)24/h3-12,17-18H,2H2,1H3,(H,28,29)/t17-,18-,20+/m0/s1. The summed E-state index contributed by atoms with van der Waals surface area (Å²) in [6.45, 7) is 1.85. The van der Waals surface area contributed by atoms with Gasteiger partial charge >= 0.3 is 12.1 Å². The number of hydrogen-bond donors (Lipinski definition) is 1. The Labute approximate surface area is 164 Å². The highest BCUT2D eigenvalue weighted by Gasteiger charge is 2.69. The van der Waals surface area contributed by atoms with Crippen LogP contribution >= 0.6 is 0 Å². The molecule has 3 aromatic rings. The Morgan fingerprint density at radius 1 is 1.10 bits per heavy atom. The largest absolute Gasteiger partial charge is 0.481 e. The van der Waals surface area contributed by atoms with Crippen molar-refractivity contribution in [3.63, 3.8) is 0 Å². The van der Waals surface area contributed by atoms with E-state index in [-0.39, 0.29) is 17.7 Å². The third kappa shape index (κ3) is 3.08. The minimum Gasteiger partial charge on any atom is -0.481 e. The van der Waals surface area contributed by atoms with Crippen molar-refractivity contribution < 1.29 is 23.1 Å². The first kappa shape index (κ1) is 19.2. The van der Waals surface area contributed by atoms with E-state index in [1.807, 2.05) is 37.3 Å². The summed E-state index contributed by atoms with van der Waals surface area (Å²) < 4.78 is 39.6. The van der Waals surface area contributed by atoms with Crippen molar-refractivity contribution in [1.82, 2.24) is 14.8 Å². The van der Waals surface area contributed by atoms with Gasteiger partial charge in [-0.15, -0.1) is 0 Å². The molecule has 29 heavy (non-hydrogen) atoms. The van der Waals surface area contributed by atoms with E-state index in [9.17, 15) is 23.1 Å². The van der Waals surface area contributed by atoms with Crippen molar-refractivity contribution in [1.29, 1.82) is 0 Å². The fraction of sp³-hybridized carbons (Fsp3) is 0.286. The summed E-state index contributed by atoms with van der Waals surface area (Å²) in [5, 5.41) is 14.2. The second-order valence-corrected chi connectivity index (χ2v) is 7.19. The van der Waals surface area contributed by atoms with E-state index in [1.165, 1.54) is 10.7 Å². The summed E-state index contributed by atoms with van der Waals surface area (Å²) >= 11 is 0. The highest BCUT2D eigenvalue weighted by atomic mass is 19.4. The Bertz CT molecular complexity index is 1030. The molecule has 3 atom stereocenters. The molecule has 5 nitrogen and oxygen atoms in total. The van der Waals surface area contributed by atoms with Crippen LogP contribution in [0.2, 0.25) is 0 Å². The van der Waals surface area contributed by atoms with Crippen LogP contribution in [0.25, 0.3) is 5.82 Å². The van der Waals surface area contributed by atoms with Gasteiger partial charge in [0.2, 0.25) is 0 Å². The van der Waals surface area contributed by atoms with E-state index in [2.05, 4.69) is 10.1 Å². The second kappa shape index (κ2) is 6.72. The summed E-state index contributed by atoms with van der Waals surface area (Å²) in [7, 11) is 0. The fourth-order valence-corrected chi connectivity index (χ4v) is 4.25. The normalized spacial score (nSPS) is 23.7. The van der Waals surface area contributed by atoms with Gasteiger partial charge in [-0.25, -0.2) is 9.67 Å². The third-order valence-corrected chi connectivity index (χ3v) is 5.75. The molecule has 0 spiro atoms. The molecule has 1 N–H and O–H groups in total. The van der Waals surface area contributed by atoms with E-state index >= 15 is 0 Å². The topological polar surface area (TPSA) is 68.0 Å². The van der Waals surface area contributed by atoms with Crippen LogP contribution in [-0.4, -0.2) is 25.8 Å². The van der Waals surface area contributed by atoms with Crippen molar-refractivity contribution >= 4 is 5.97 Å². The van der Waals surface area contributed by atoms with Gasteiger partial charge < -0.3 is 5.11 Å². The predicted octanol–water partition coefficient (Wildman–Crippen LogP) is 4.65. The molecule has 1 aliphatic carbocycles. The Morgan fingerprint density at radius 2 is 1.79 bits per heavy atom. The molecule has 0 saturated heterocycles. The first-order chi connectivity index (χ1) is 13.8. The molecule has 1 aliphatic rings. The van der Waals surface area contributed by atoms with Crippen LogP contribution in [0.15, 0.2) is 61.1 Å². The summed E-state index contributed by atoms with van der Waals surface area (Å²) in [6.07, 6.45) is -0.0265. The summed E-state index contributed by atoms with van der Waals surface area (Å²) in [4.78, 5) is 16.0. The molecule has 1 fully saturated rings. The Kier molecular flexibility index (Phi) is 4.44. The molecule has 4 rings (SSSR count). The van der Waals surface area contributed by atoms with Gasteiger partial charge in [-0.2, -0.15) is 18.3 Å². The first-order valence-electron chi connectivity index (χ1n) is 9.15. The molecule has 1 aromatic carbocycles. The molecule has 0 amide bonds. The smallest absolute Gasteiger partial charge is 0.417 e. The van der Waals surface area contributed by atoms with Crippen LogP contribution in [0.5, 0.6) is 0 Å². The minimum atomic E-state index is -4.46. The number of rotatable bonds is 5. The van der Waals surface area contributed by atoms with Crippen LogP contribution in [0.1, 0.15) is 41.9 Å². The van der Waals surface area contributed by atoms with Crippen LogP contribution in [0.3, 0.4) is 0 Å². The minimum absolute atomic E-state index is 0.190. The van der Waals surface area contributed by atoms with Crippen molar-refractivity contribution in [3.05, 3.63) is 77.7 Å². The molecule has 0 aliphatic heterocycles. The third-order valence-electron chi connectivity index (χ3n) is 5.75. The Morgan fingerprint density at radius 3 is 2.34 bits per heavy atom. The SMILES string of the molecule is CC[C@@]1(C(=O)O)[C@@H](c2ccccc2)[C@@H]1c1cnn(-c2ccc(C(F)(F)F)cn2)c1. The van der Waals surface area contributed by atoms with E-state index < -0.39 is 23.1 Å². The number of aromatic nitrogens is 3. The average molecular weight is 401 g/mol. The summed E-state index contributed by atoms with van der Waals surface area (Å²) in [5.74, 6) is -1.09. The number of nitrogens with zero attached hydrogens (tertiary/aromatic N) is 3. The highest BCUT2D eigenvalue weighted by molar-refractivity contribution is 5.83. The number of pyridine rings is 1. The monoisotopic (exact) mass is 401 g/mol. The molecule has 0 bridgehead atoms. The van der Waals surface area contributed by atoms with Gasteiger partial charge in [-0.3, -0.25) is 4.79 Å². The highest BCUT2D eigenvalue weighted by Crippen LogP contribution is 2.72. The lowest BCUT2D eigenvalue weighted by molar-refractivity contribution is -0.144. The number of hydrogen-bond acceptors (Lipinski definition) is 3. The molecule has 2 heterocycles. The molecule has 0 radical (unpaired) electrons. The van der Waals surface area contributed by atoms with Gasteiger partial charge in [-0.1, -0.05) is 37.3 Å². The van der Waals surface area contributed by atoms with Crippen molar-refractivity contribution in [2.45, 2.75) is 31.4 Å². The zero-order valence-electron chi connectivity index (χ0n) is 15.5. The number of alkyl halides is 3. The number of aliphatic carboxylic acids is 1. The number of benzene rings is 1. The van der Waals surface area contributed by atoms with Crippen LogP contribution < -0.4 is 0 Å². The van der Waals surface area contributed by atoms with Crippen LogP contribution in [0.4, 0.5) is 13.2 Å². The average Bonchev–Trinajstić information content (AvgIpc) is 3.17. The van der Waals surface area contributed by atoms with Crippen molar-refractivity contribution in [2.75, 3.05) is 0 Å². The van der Waals surface area contributed by atoms with E-state index in [4.69, 9.17) is 0 Å². The van der Waals surface area contributed by atoms with Gasteiger partial charge in [0.1, 0.15) is 0 Å². The first-order valence-corrected chi connectivity index (χ1v) is 9.15. The van der Waals surface area contributed by atoms with Gasteiger partial charge in [0.05, 0.1) is 17.2 Å². The number of carbonyl (C=O) groups is 1. The molecule has 8 heteroatoms. The predicted molar refractivity (Wildman–Crippen MR) is 98.6 cm³/mol. The molecule has 0 unspecified atom stereocenters. The maximum atomic E-state index is 12.7. The number of carboxylic acid groups (broad SMARTS) is 1. The Hall–Kier alpha value is -3.16. The van der Waals surface area contributed by atoms with Crippen LogP contribution in [0, 0.1) is 5.41 Å². The fourth-order valence-electron chi connectivity index (χ4n) is 4.25. The molecular formula is C21H18F3N3O2. The lowest BCUT2D eigenvalue weighted by Crippen LogP contribution is -2.17. The maximum absolute atomic E-state index is 12.7. The van der Waals surface area contributed by atoms with Crippen molar-refractivity contribution in [2.24, 2.45) is 5.41 Å². The van der Waals surface area contributed by atoms with Gasteiger partial charge in [0.15, 0.2) is 5.82 Å². The van der Waals surface area contributed by atoms with E-state index in [0.717, 1.165) is 23.4 Å². The Balaban J connectivity index is 1.67. The molecule has 2 aromatic heterocycles. The van der Waals surface area contributed by atoms with E-state index in [1.54, 1.807) is 12.4 Å². The number of carboxylic acids is 1. The van der Waals surface area contributed by atoms with Crippen molar-refractivity contribution in [3.8, 4) is 5.82 Å². The van der Waals surface area contributed by atoms with Gasteiger partial charge in [0, 0.05) is 24.2 Å².